The predicted molar refractivity (Wildman–Crippen MR) is 67.1 cm³/mol. The lowest BCUT2D eigenvalue weighted by Gasteiger charge is -2.05. The summed E-state index contributed by atoms with van der Waals surface area (Å²) in [6.45, 7) is 0. The first-order valence-corrected chi connectivity index (χ1v) is 5.29. The highest BCUT2D eigenvalue weighted by Crippen LogP contribution is 2.21. The molecule has 0 aliphatic rings. The standard InChI is InChI=1S/C11H8ClN5O/c12-8-3-7(2-1-6(8)4-13)16-11(18)10-9(14)5-15-17-10/h1-3,5H,14H2,(H,15,17)(H,16,18). The molecule has 0 aliphatic heterocycles. The number of carbonyl (C=O) groups excluding carboxylic acids is 1. The highest BCUT2D eigenvalue weighted by atomic mass is 35.5. The summed E-state index contributed by atoms with van der Waals surface area (Å²) in [6, 6.07) is 6.52. The molecule has 0 fully saturated rings. The minimum atomic E-state index is -0.425. The molecule has 0 radical (unpaired) electrons. The number of carbonyl (C=O) groups is 1. The van der Waals surface area contributed by atoms with Crippen molar-refractivity contribution in [2.75, 3.05) is 11.1 Å². The second-order valence-electron chi connectivity index (χ2n) is 3.46. The number of aromatic nitrogens is 2. The van der Waals surface area contributed by atoms with E-state index in [2.05, 4.69) is 15.5 Å². The van der Waals surface area contributed by atoms with E-state index < -0.39 is 5.91 Å². The van der Waals surface area contributed by atoms with Gasteiger partial charge in [-0.2, -0.15) is 10.4 Å². The summed E-state index contributed by atoms with van der Waals surface area (Å²) >= 11 is 5.85. The molecule has 18 heavy (non-hydrogen) atoms. The van der Waals surface area contributed by atoms with E-state index in [1.165, 1.54) is 18.3 Å². The van der Waals surface area contributed by atoms with Crippen molar-refractivity contribution in [3.8, 4) is 6.07 Å². The molecular formula is C11H8ClN5O. The van der Waals surface area contributed by atoms with Crippen molar-refractivity contribution in [2.45, 2.75) is 0 Å². The van der Waals surface area contributed by atoms with E-state index in [0.717, 1.165) is 0 Å². The van der Waals surface area contributed by atoms with E-state index in [9.17, 15) is 4.79 Å². The lowest BCUT2D eigenvalue weighted by atomic mass is 10.2. The van der Waals surface area contributed by atoms with E-state index in [1.54, 1.807) is 6.07 Å². The monoisotopic (exact) mass is 261 g/mol. The number of benzene rings is 1. The van der Waals surface area contributed by atoms with Gasteiger partial charge in [0.05, 0.1) is 22.5 Å². The molecule has 1 aromatic carbocycles. The van der Waals surface area contributed by atoms with Gasteiger partial charge >= 0.3 is 0 Å². The molecule has 6 nitrogen and oxygen atoms in total. The van der Waals surface area contributed by atoms with Gasteiger partial charge in [0.25, 0.3) is 5.91 Å². The molecule has 4 N–H and O–H groups in total. The van der Waals surface area contributed by atoms with Crippen molar-refractivity contribution in [1.82, 2.24) is 10.2 Å². The highest BCUT2D eigenvalue weighted by molar-refractivity contribution is 6.32. The number of nitrogen functional groups attached to an aromatic ring is 1. The van der Waals surface area contributed by atoms with E-state index in [1.807, 2.05) is 6.07 Å². The molecule has 0 spiro atoms. The lowest BCUT2D eigenvalue weighted by Crippen LogP contribution is -2.14. The summed E-state index contributed by atoms with van der Waals surface area (Å²) in [7, 11) is 0. The normalized spacial score (nSPS) is 9.78. The van der Waals surface area contributed by atoms with Gasteiger partial charge in [-0.05, 0) is 18.2 Å². The molecule has 0 bridgehead atoms. The molecule has 1 heterocycles. The number of hydrogen-bond donors (Lipinski definition) is 3. The Balaban J connectivity index is 2.21. The van der Waals surface area contributed by atoms with Gasteiger partial charge in [0.2, 0.25) is 0 Å². The van der Waals surface area contributed by atoms with Crippen LogP contribution in [-0.4, -0.2) is 16.1 Å². The van der Waals surface area contributed by atoms with Crippen LogP contribution in [0.5, 0.6) is 0 Å². The maximum Gasteiger partial charge on any atom is 0.275 e. The van der Waals surface area contributed by atoms with Gasteiger partial charge in [0.1, 0.15) is 11.8 Å². The van der Waals surface area contributed by atoms with Crippen LogP contribution in [0.3, 0.4) is 0 Å². The first-order chi connectivity index (χ1) is 8.61. The fourth-order valence-corrected chi connectivity index (χ4v) is 1.58. The number of halogens is 1. The third-order valence-corrected chi connectivity index (χ3v) is 2.56. The molecule has 7 heteroatoms. The van der Waals surface area contributed by atoms with E-state index in [-0.39, 0.29) is 16.4 Å². The third kappa shape index (κ3) is 2.26. The Bertz CT molecular complexity index is 643. The first-order valence-electron chi connectivity index (χ1n) is 4.91. The van der Waals surface area contributed by atoms with Crippen molar-refractivity contribution in [3.63, 3.8) is 0 Å². The van der Waals surface area contributed by atoms with Crippen LogP contribution in [0.4, 0.5) is 11.4 Å². The number of nitrogens with one attached hydrogen (secondary N) is 2. The number of nitrogens with two attached hydrogens (primary N) is 1. The summed E-state index contributed by atoms with van der Waals surface area (Å²) in [5.41, 5.74) is 6.79. The van der Waals surface area contributed by atoms with Crippen LogP contribution in [0.15, 0.2) is 24.4 Å². The molecule has 0 saturated carbocycles. The molecule has 0 aliphatic carbocycles. The zero-order valence-electron chi connectivity index (χ0n) is 9.07. The number of aromatic amines is 1. The predicted octanol–water partition coefficient (Wildman–Crippen LogP) is 1.77. The molecule has 1 amide bonds. The topological polar surface area (TPSA) is 108 Å². The lowest BCUT2D eigenvalue weighted by molar-refractivity contribution is 0.102. The molecule has 90 valence electrons. The van der Waals surface area contributed by atoms with Crippen molar-refractivity contribution < 1.29 is 4.79 Å². The Labute approximate surface area is 107 Å². The third-order valence-electron chi connectivity index (χ3n) is 2.24. The van der Waals surface area contributed by atoms with Crippen molar-refractivity contribution in [1.29, 1.82) is 5.26 Å². The van der Waals surface area contributed by atoms with Gasteiger partial charge < -0.3 is 11.1 Å². The van der Waals surface area contributed by atoms with Gasteiger partial charge in [0, 0.05) is 5.69 Å². The zero-order chi connectivity index (χ0) is 13.1. The van der Waals surface area contributed by atoms with E-state index in [4.69, 9.17) is 22.6 Å². The van der Waals surface area contributed by atoms with E-state index in [0.29, 0.717) is 11.3 Å². The second-order valence-corrected chi connectivity index (χ2v) is 3.87. The molecule has 2 aromatic rings. The molecule has 0 unspecified atom stereocenters. The fraction of sp³-hybridized carbons (Fsp3) is 0. The van der Waals surface area contributed by atoms with Crippen LogP contribution in [0.25, 0.3) is 0 Å². The Kier molecular flexibility index (Phi) is 3.17. The fourth-order valence-electron chi connectivity index (χ4n) is 1.35. The molecule has 0 saturated heterocycles. The molecule has 2 rings (SSSR count). The molecule has 0 atom stereocenters. The summed E-state index contributed by atoms with van der Waals surface area (Å²) in [5.74, 6) is -0.425. The quantitative estimate of drug-likeness (QED) is 0.765. The minimum Gasteiger partial charge on any atom is -0.396 e. The van der Waals surface area contributed by atoms with Gasteiger partial charge in [-0.15, -0.1) is 0 Å². The Hall–Kier alpha value is -2.52. The number of H-pyrrole nitrogens is 1. The maximum atomic E-state index is 11.8. The maximum absolute atomic E-state index is 11.8. The summed E-state index contributed by atoms with van der Waals surface area (Å²) < 4.78 is 0. The average molecular weight is 262 g/mol. The van der Waals surface area contributed by atoms with E-state index >= 15 is 0 Å². The van der Waals surface area contributed by atoms with Crippen molar-refractivity contribution in [2.24, 2.45) is 0 Å². The van der Waals surface area contributed by atoms with Crippen LogP contribution in [0, 0.1) is 11.3 Å². The van der Waals surface area contributed by atoms with Gasteiger partial charge in [0.15, 0.2) is 0 Å². The highest BCUT2D eigenvalue weighted by Gasteiger charge is 2.12. The zero-order valence-corrected chi connectivity index (χ0v) is 9.82. The minimum absolute atomic E-state index is 0.176. The van der Waals surface area contributed by atoms with Gasteiger partial charge in [-0.25, -0.2) is 0 Å². The number of rotatable bonds is 2. The van der Waals surface area contributed by atoms with Gasteiger partial charge in [-0.3, -0.25) is 9.89 Å². The summed E-state index contributed by atoms with van der Waals surface area (Å²) in [5, 5.41) is 17.7. The van der Waals surface area contributed by atoms with Crippen LogP contribution in [0.1, 0.15) is 16.1 Å². The number of anilines is 2. The Morgan fingerprint density at radius 1 is 1.56 bits per heavy atom. The van der Waals surface area contributed by atoms with Crippen LogP contribution in [-0.2, 0) is 0 Å². The molecule has 1 aromatic heterocycles. The summed E-state index contributed by atoms with van der Waals surface area (Å²) in [4.78, 5) is 11.8. The number of hydrogen-bond acceptors (Lipinski definition) is 4. The Morgan fingerprint density at radius 2 is 2.33 bits per heavy atom. The Morgan fingerprint density at radius 3 is 2.89 bits per heavy atom. The second kappa shape index (κ2) is 4.77. The van der Waals surface area contributed by atoms with Gasteiger partial charge in [-0.1, -0.05) is 11.6 Å². The van der Waals surface area contributed by atoms with Crippen molar-refractivity contribution in [3.05, 3.63) is 40.7 Å². The smallest absolute Gasteiger partial charge is 0.275 e. The summed E-state index contributed by atoms with van der Waals surface area (Å²) in [6.07, 6.45) is 1.35. The number of nitriles is 1. The number of nitrogens with zero attached hydrogens (tertiary/aromatic N) is 2. The largest absolute Gasteiger partial charge is 0.396 e. The van der Waals surface area contributed by atoms with Crippen LogP contribution in [0.2, 0.25) is 5.02 Å². The average Bonchev–Trinajstić information content (AvgIpc) is 2.76. The first kappa shape index (κ1) is 12.0. The SMILES string of the molecule is N#Cc1ccc(NC(=O)c2[nH]ncc2N)cc1Cl. The molecular weight excluding hydrogens is 254 g/mol. The van der Waals surface area contributed by atoms with Crippen LogP contribution >= 0.6 is 11.6 Å². The number of amides is 1. The van der Waals surface area contributed by atoms with Crippen molar-refractivity contribution >= 4 is 28.9 Å². The van der Waals surface area contributed by atoms with Crippen LogP contribution < -0.4 is 11.1 Å².